The van der Waals surface area contributed by atoms with E-state index in [1.807, 2.05) is 6.07 Å². The third-order valence-corrected chi connectivity index (χ3v) is 3.92. The molecule has 7 heteroatoms. The van der Waals surface area contributed by atoms with Crippen molar-refractivity contribution in [3.05, 3.63) is 59.4 Å². The first kappa shape index (κ1) is 16.1. The molecule has 1 heterocycles. The molecule has 0 saturated carbocycles. The number of rotatable bonds is 3. The van der Waals surface area contributed by atoms with E-state index in [0.717, 1.165) is 5.39 Å². The zero-order valence-electron chi connectivity index (χ0n) is 13.2. The molecule has 0 amide bonds. The Balaban J connectivity index is 2.42. The van der Waals surface area contributed by atoms with Crippen molar-refractivity contribution in [2.45, 2.75) is 0 Å². The Hall–Kier alpha value is -3.79. The summed E-state index contributed by atoms with van der Waals surface area (Å²) in [5, 5.41) is 20.2. The predicted octanol–water partition coefficient (Wildman–Crippen LogP) is 2.57. The van der Waals surface area contributed by atoms with E-state index in [1.54, 1.807) is 36.4 Å². The molecule has 7 nitrogen and oxygen atoms in total. The average molecular weight is 335 g/mol. The fourth-order valence-corrected chi connectivity index (χ4v) is 2.79. The highest BCUT2D eigenvalue weighted by Crippen LogP contribution is 2.30. The Morgan fingerprint density at radius 2 is 1.96 bits per heavy atom. The number of hydrogen-bond acceptors (Lipinski definition) is 5. The van der Waals surface area contributed by atoms with Gasteiger partial charge in [-0.25, -0.2) is 9.59 Å². The van der Waals surface area contributed by atoms with Crippen molar-refractivity contribution in [2.75, 3.05) is 12.8 Å². The Kier molecular flexibility index (Phi) is 3.87. The van der Waals surface area contributed by atoms with Gasteiger partial charge in [0.1, 0.15) is 6.07 Å². The molecular weight excluding hydrogens is 322 g/mol. The van der Waals surface area contributed by atoms with E-state index in [2.05, 4.69) is 0 Å². The van der Waals surface area contributed by atoms with Crippen LogP contribution in [0.2, 0.25) is 0 Å². The van der Waals surface area contributed by atoms with Gasteiger partial charge in [-0.2, -0.15) is 5.26 Å². The molecule has 0 bridgehead atoms. The number of carbonyl (C=O) groups excluding carboxylic acids is 1. The third kappa shape index (κ3) is 2.46. The van der Waals surface area contributed by atoms with Crippen LogP contribution in [0.1, 0.15) is 26.4 Å². The lowest BCUT2D eigenvalue weighted by molar-refractivity contribution is 0.0591. The molecule has 0 aliphatic heterocycles. The summed E-state index contributed by atoms with van der Waals surface area (Å²) < 4.78 is 6.02. The number of benzene rings is 2. The van der Waals surface area contributed by atoms with E-state index in [4.69, 9.17) is 10.5 Å². The number of fused-ring (bicyclic) bond motifs is 1. The Morgan fingerprint density at radius 1 is 1.24 bits per heavy atom. The van der Waals surface area contributed by atoms with Gasteiger partial charge in [0.25, 0.3) is 0 Å². The van der Waals surface area contributed by atoms with Crippen LogP contribution in [-0.4, -0.2) is 28.7 Å². The van der Waals surface area contributed by atoms with Crippen LogP contribution in [0.5, 0.6) is 0 Å². The van der Waals surface area contributed by atoms with Crippen LogP contribution in [0.3, 0.4) is 0 Å². The molecular formula is C18H13N3O4. The summed E-state index contributed by atoms with van der Waals surface area (Å²) >= 11 is 0. The van der Waals surface area contributed by atoms with Crippen molar-refractivity contribution < 1.29 is 19.4 Å². The van der Waals surface area contributed by atoms with Crippen molar-refractivity contribution in [3.8, 4) is 11.8 Å². The zero-order valence-corrected chi connectivity index (χ0v) is 13.2. The first-order valence-corrected chi connectivity index (χ1v) is 7.24. The summed E-state index contributed by atoms with van der Waals surface area (Å²) in [7, 11) is 1.18. The fraction of sp³-hybridized carbons (Fsp3) is 0.0556. The second-order valence-corrected chi connectivity index (χ2v) is 5.26. The van der Waals surface area contributed by atoms with E-state index in [0.29, 0.717) is 5.39 Å². The lowest BCUT2D eigenvalue weighted by Crippen LogP contribution is -2.14. The molecule has 3 N–H and O–H groups in total. The molecule has 0 aliphatic rings. The van der Waals surface area contributed by atoms with Gasteiger partial charge in [-0.15, -0.1) is 0 Å². The highest BCUT2D eigenvalue weighted by molar-refractivity contribution is 6.07. The number of nitrogens with zero attached hydrogens (tertiary/aromatic N) is 2. The molecule has 0 saturated heterocycles. The van der Waals surface area contributed by atoms with Crippen LogP contribution < -0.4 is 5.73 Å². The molecule has 0 fully saturated rings. The maximum absolute atomic E-state index is 12.1. The van der Waals surface area contributed by atoms with Gasteiger partial charge in [0.05, 0.1) is 29.6 Å². The predicted molar refractivity (Wildman–Crippen MR) is 90.7 cm³/mol. The van der Waals surface area contributed by atoms with Crippen LogP contribution in [0, 0.1) is 11.3 Å². The minimum atomic E-state index is -1.16. The number of aromatic carboxylic acids is 1. The fourth-order valence-electron chi connectivity index (χ4n) is 2.79. The van der Waals surface area contributed by atoms with Crippen molar-refractivity contribution in [3.63, 3.8) is 0 Å². The summed E-state index contributed by atoms with van der Waals surface area (Å²) in [4.78, 5) is 24.0. The van der Waals surface area contributed by atoms with Crippen LogP contribution >= 0.6 is 0 Å². The van der Waals surface area contributed by atoms with Gasteiger partial charge in [-0.1, -0.05) is 30.3 Å². The van der Waals surface area contributed by atoms with Gasteiger partial charge in [-0.05, 0) is 16.8 Å². The molecule has 0 radical (unpaired) electrons. The molecule has 3 rings (SSSR count). The molecule has 3 aromatic rings. The number of carbonyl (C=O) groups is 2. The van der Waals surface area contributed by atoms with Gasteiger partial charge >= 0.3 is 11.9 Å². The number of anilines is 1. The Morgan fingerprint density at radius 3 is 2.60 bits per heavy atom. The molecule has 2 aromatic carbocycles. The number of ether oxygens (including phenoxy) is 1. The molecule has 1 aromatic heterocycles. The number of methoxy groups -OCH3 is 1. The van der Waals surface area contributed by atoms with Crippen molar-refractivity contribution in [2.24, 2.45) is 0 Å². The first-order chi connectivity index (χ1) is 12.0. The number of carboxylic acids is 1. The van der Waals surface area contributed by atoms with E-state index in [-0.39, 0.29) is 28.2 Å². The number of nitriles is 1. The van der Waals surface area contributed by atoms with Crippen LogP contribution in [0.15, 0.2) is 42.6 Å². The number of aromatic nitrogens is 1. The van der Waals surface area contributed by atoms with E-state index >= 15 is 0 Å². The number of nitrogens with two attached hydrogens (primary N) is 1. The van der Waals surface area contributed by atoms with E-state index in [1.165, 1.54) is 17.9 Å². The number of nitrogen functional groups attached to an aromatic ring is 1. The molecule has 0 spiro atoms. The summed E-state index contributed by atoms with van der Waals surface area (Å²) in [6.45, 7) is 0. The van der Waals surface area contributed by atoms with Crippen LogP contribution in [0.25, 0.3) is 16.5 Å². The first-order valence-electron chi connectivity index (χ1n) is 7.24. The van der Waals surface area contributed by atoms with Crippen molar-refractivity contribution in [1.29, 1.82) is 5.26 Å². The second kappa shape index (κ2) is 6.02. The normalized spacial score (nSPS) is 10.4. The topological polar surface area (TPSA) is 118 Å². The standard InChI is InChI=1S/C18H13N3O4/c1-25-18(24)16-15(20)11(8-19)9-21(16)13-7-6-10-4-2-3-5-12(10)14(13)17(22)23/h2-7,9H,20H2,1H3,(H,22,23). The number of carboxylic acid groups (broad SMARTS) is 1. The lowest BCUT2D eigenvalue weighted by atomic mass is 10.0. The SMILES string of the molecule is COC(=O)c1c(N)c(C#N)cn1-c1ccc2ccccc2c1C(=O)O. The summed E-state index contributed by atoms with van der Waals surface area (Å²) in [5.41, 5.74) is 6.02. The lowest BCUT2D eigenvalue weighted by Gasteiger charge is -2.13. The zero-order chi connectivity index (χ0) is 18.1. The van der Waals surface area contributed by atoms with Gasteiger partial charge in [-0.3, -0.25) is 0 Å². The van der Waals surface area contributed by atoms with Crippen LogP contribution in [0.4, 0.5) is 5.69 Å². The van der Waals surface area contributed by atoms with Crippen LogP contribution in [-0.2, 0) is 4.74 Å². The Bertz CT molecular complexity index is 1060. The maximum Gasteiger partial charge on any atom is 0.357 e. The molecule has 124 valence electrons. The summed E-state index contributed by atoms with van der Waals surface area (Å²) in [5.74, 6) is -1.92. The highest BCUT2D eigenvalue weighted by Gasteiger charge is 2.25. The summed E-state index contributed by atoms with van der Waals surface area (Å²) in [6, 6.07) is 12.2. The summed E-state index contributed by atoms with van der Waals surface area (Å²) in [6.07, 6.45) is 1.33. The minimum absolute atomic E-state index is 0.00254. The monoisotopic (exact) mass is 335 g/mol. The quantitative estimate of drug-likeness (QED) is 0.710. The smallest absolute Gasteiger partial charge is 0.357 e. The van der Waals surface area contributed by atoms with Gasteiger partial charge in [0, 0.05) is 6.20 Å². The number of esters is 1. The third-order valence-electron chi connectivity index (χ3n) is 3.92. The molecule has 0 atom stereocenters. The molecule has 25 heavy (non-hydrogen) atoms. The number of hydrogen-bond donors (Lipinski definition) is 2. The largest absolute Gasteiger partial charge is 0.478 e. The average Bonchev–Trinajstić information content (AvgIpc) is 2.96. The van der Waals surface area contributed by atoms with Crippen molar-refractivity contribution >= 4 is 28.4 Å². The second-order valence-electron chi connectivity index (χ2n) is 5.26. The van der Waals surface area contributed by atoms with E-state index in [9.17, 15) is 20.0 Å². The van der Waals surface area contributed by atoms with E-state index < -0.39 is 11.9 Å². The minimum Gasteiger partial charge on any atom is -0.478 e. The van der Waals surface area contributed by atoms with Gasteiger partial charge in [0.15, 0.2) is 5.69 Å². The van der Waals surface area contributed by atoms with Crippen molar-refractivity contribution in [1.82, 2.24) is 4.57 Å². The van der Waals surface area contributed by atoms with Gasteiger partial charge in [0.2, 0.25) is 0 Å². The molecule has 0 aliphatic carbocycles. The highest BCUT2D eigenvalue weighted by atomic mass is 16.5. The Labute approximate surface area is 142 Å². The maximum atomic E-state index is 12.1. The molecule has 0 unspecified atom stereocenters. The van der Waals surface area contributed by atoms with Gasteiger partial charge < -0.3 is 20.1 Å².